The number of nitrogens with zero attached hydrogens (tertiary/aromatic N) is 1. The van der Waals surface area contributed by atoms with Crippen molar-refractivity contribution in [3.8, 4) is 11.1 Å². The van der Waals surface area contributed by atoms with Crippen LogP contribution in [0.2, 0.25) is 0 Å². The fourth-order valence-electron chi connectivity index (χ4n) is 5.59. The first kappa shape index (κ1) is 30.8. The van der Waals surface area contributed by atoms with Crippen molar-refractivity contribution in [1.82, 2.24) is 10.2 Å². The highest BCUT2D eigenvalue weighted by atomic mass is 32.2. The second-order valence-electron chi connectivity index (χ2n) is 10.9. The van der Waals surface area contributed by atoms with Gasteiger partial charge >= 0.3 is 5.97 Å². The van der Waals surface area contributed by atoms with Crippen LogP contribution in [0.1, 0.15) is 53.2 Å². The van der Waals surface area contributed by atoms with Gasteiger partial charge in [-0.05, 0) is 77.6 Å². The Bertz CT molecular complexity index is 1300. The van der Waals surface area contributed by atoms with Gasteiger partial charge in [0, 0.05) is 24.7 Å². The van der Waals surface area contributed by atoms with E-state index in [0.717, 1.165) is 48.2 Å². The molecule has 218 valence electrons. The first-order valence-electron chi connectivity index (χ1n) is 14.5. The van der Waals surface area contributed by atoms with Crippen LogP contribution in [0.15, 0.2) is 72.8 Å². The number of ether oxygens (including phenoxy) is 1. The van der Waals surface area contributed by atoms with Crippen molar-refractivity contribution in [3.05, 3.63) is 95.1 Å². The number of rotatable bonds is 14. The molecule has 6 nitrogen and oxygen atoms in total. The molecule has 0 unspecified atom stereocenters. The quantitative estimate of drug-likeness (QED) is 0.232. The van der Waals surface area contributed by atoms with Crippen LogP contribution in [-0.2, 0) is 22.7 Å². The summed E-state index contributed by atoms with van der Waals surface area (Å²) in [6, 6.07) is 23.7. The van der Waals surface area contributed by atoms with Crippen LogP contribution in [0.5, 0.6) is 0 Å². The minimum atomic E-state index is -1.01. The zero-order chi connectivity index (χ0) is 29.2. The number of aryl methyl sites for hydroxylation is 1. The van der Waals surface area contributed by atoms with Crippen molar-refractivity contribution in [2.75, 3.05) is 25.2 Å². The molecule has 3 atom stereocenters. The van der Waals surface area contributed by atoms with Crippen LogP contribution < -0.4 is 5.32 Å². The topological polar surface area (TPSA) is 78.9 Å². The highest BCUT2D eigenvalue weighted by Gasteiger charge is 2.31. The Kier molecular flexibility index (Phi) is 11.4. The normalized spacial score (nSPS) is 17.8. The number of hydrogen-bond acceptors (Lipinski definition) is 5. The van der Waals surface area contributed by atoms with Crippen LogP contribution in [0.25, 0.3) is 11.1 Å². The Morgan fingerprint density at radius 3 is 2.51 bits per heavy atom. The summed E-state index contributed by atoms with van der Waals surface area (Å²) in [7, 11) is 0. The fourth-order valence-corrected chi connectivity index (χ4v) is 6.06. The third kappa shape index (κ3) is 8.44. The maximum Gasteiger partial charge on any atom is 0.326 e. The van der Waals surface area contributed by atoms with Gasteiger partial charge < -0.3 is 15.2 Å². The van der Waals surface area contributed by atoms with Crippen molar-refractivity contribution in [2.45, 2.75) is 58.3 Å². The molecule has 0 bridgehead atoms. The van der Waals surface area contributed by atoms with Gasteiger partial charge in [-0.1, -0.05) is 74.0 Å². The Labute approximate surface area is 248 Å². The number of carboxylic acids is 1. The van der Waals surface area contributed by atoms with Crippen LogP contribution in [0.3, 0.4) is 0 Å². The number of thioether (sulfide) groups is 1. The summed E-state index contributed by atoms with van der Waals surface area (Å²) in [5.74, 6) is -0.0780. The minimum Gasteiger partial charge on any atom is -0.480 e. The molecule has 41 heavy (non-hydrogen) atoms. The Morgan fingerprint density at radius 1 is 1.05 bits per heavy atom. The number of carbonyl (C=O) groups is 2. The first-order chi connectivity index (χ1) is 19.9. The summed E-state index contributed by atoms with van der Waals surface area (Å²) in [6.07, 6.45) is 4.56. The number of aliphatic carboxylic acids is 1. The number of likely N-dealkylation sites (tertiary alicyclic amines) is 1. The summed E-state index contributed by atoms with van der Waals surface area (Å²) < 4.78 is 6.16. The number of carbonyl (C=O) groups excluding carboxylic acids is 1. The third-order valence-electron chi connectivity index (χ3n) is 7.98. The van der Waals surface area contributed by atoms with Crippen LogP contribution in [-0.4, -0.2) is 59.1 Å². The van der Waals surface area contributed by atoms with Gasteiger partial charge in [-0.25, -0.2) is 4.79 Å². The minimum absolute atomic E-state index is 0.335. The molecule has 3 aromatic rings. The van der Waals surface area contributed by atoms with E-state index < -0.39 is 12.0 Å². The number of benzene rings is 3. The smallest absolute Gasteiger partial charge is 0.326 e. The molecule has 3 aromatic carbocycles. The van der Waals surface area contributed by atoms with E-state index in [0.29, 0.717) is 42.9 Å². The van der Waals surface area contributed by atoms with Gasteiger partial charge in [0.2, 0.25) is 0 Å². The molecular weight excluding hydrogens is 532 g/mol. The highest BCUT2D eigenvalue weighted by Crippen LogP contribution is 2.31. The molecule has 0 saturated carbocycles. The van der Waals surface area contributed by atoms with Crippen molar-refractivity contribution >= 4 is 23.6 Å². The van der Waals surface area contributed by atoms with Gasteiger partial charge in [0.05, 0.1) is 13.2 Å². The fraction of sp³-hybridized carbons (Fsp3) is 0.412. The van der Waals surface area contributed by atoms with Crippen molar-refractivity contribution in [2.24, 2.45) is 5.92 Å². The lowest BCUT2D eigenvalue weighted by Crippen LogP contribution is -2.41. The molecule has 7 heteroatoms. The summed E-state index contributed by atoms with van der Waals surface area (Å²) in [5, 5.41) is 12.5. The molecule has 1 amide bonds. The number of amides is 1. The lowest BCUT2D eigenvalue weighted by Gasteiger charge is -2.25. The molecule has 0 aliphatic carbocycles. The average molecular weight is 575 g/mol. The van der Waals surface area contributed by atoms with Gasteiger partial charge in [-0.15, -0.1) is 0 Å². The van der Waals surface area contributed by atoms with Gasteiger partial charge in [0.25, 0.3) is 5.91 Å². The van der Waals surface area contributed by atoms with E-state index >= 15 is 0 Å². The van der Waals surface area contributed by atoms with Gasteiger partial charge in [0.1, 0.15) is 6.04 Å². The number of nitrogens with one attached hydrogen (secondary N) is 1. The molecule has 1 heterocycles. The van der Waals surface area contributed by atoms with E-state index in [9.17, 15) is 14.7 Å². The van der Waals surface area contributed by atoms with Crippen LogP contribution in [0, 0.1) is 12.8 Å². The molecule has 1 aliphatic rings. The zero-order valence-electron chi connectivity index (χ0n) is 24.3. The highest BCUT2D eigenvalue weighted by molar-refractivity contribution is 7.98. The Balaban J connectivity index is 1.55. The molecular formula is C34H42N2O4S. The SMILES string of the molecule is CC[C@@H]1C[C@H](COCc2ccccc2)N(Cc2ccc(C(=O)N[C@@H](CCSC)C(=O)O)c(-c3ccccc3C)c2)C1. The maximum absolute atomic E-state index is 13.4. The molecule has 0 aromatic heterocycles. The lowest BCUT2D eigenvalue weighted by molar-refractivity contribution is -0.139. The summed E-state index contributed by atoms with van der Waals surface area (Å²) >= 11 is 1.57. The molecule has 0 radical (unpaired) electrons. The van der Waals surface area contributed by atoms with Crippen molar-refractivity contribution in [1.29, 1.82) is 0 Å². The number of hydrogen-bond donors (Lipinski definition) is 2. The van der Waals surface area contributed by atoms with Crippen LogP contribution >= 0.6 is 11.8 Å². The second-order valence-corrected chi connectivity index (χ2v) is 11.9. The zero-order valence-corrected chi connectivity index (χ0v) is 25.2. The third-order valence-corrected chi connectivity index (χ3v) is 8.62. The first-order valence-corrected chi connectivity index (χ1v) is 15.9. The standard InChI is InChI=1S/C34H42N2O4S/c1-4-25-18-28(23-40-22-26-11-6-5-7-12-26)36(20-25)21-27-14-15-30(31(19-27)29-13-9-8-10-24(29)2)33(37)35-32(34(38)39)16-17-41-3/h5-15,19,25,28,32H,4,16-18,20-23H2,1-3H3,(H,35,37)(H,38,39)/t25-,28-,32+/m1/s1. The van der Waals surface area contributed by atoms with Crippen LogP contribution in [0.4, 0.5) is 0 Å². The van der Waals surface area contributed by atoms with E-state index in [1.807, 2.05) is 67.8 Å². The van der Waals surface area contributed by atoms with E-state index in [1.54, 1.807) is 11.8 Å². The maximum atomic E-state index is 13.4. The lowest BCUT2D eigenvalue weighted by atomic mass is 9.93. The Hall–Kier alpha value is -3.13. The molecule has 1 fully saturated rings. The summed E-state index contributed by atoms with van der Waals surface area (Å²) in [5.41, 5.74) is 5.67. The van der Waals surface area contributed by atoms with Crippen molar-refractivity contribution in [3.63, 3.8) is 0 Å². The van der Waals surface area contributed by atoms with Gasteiger partial charge in [0.15, 0.2) is 0 Å². The molecule has 0 spiro atoms. The van der Waals surface area contributed by atoms with Crippen molar-refractivity contribution < 1.29 is 19.4 Å². The molecule has 4 rings (SSSR count). The predicted molar refractivity (Wildman–Crippen MR) is 167 cm³/mol. The van der Waals surface area contributed by atoms with Gasteiger partial charge in [-0.2, -0.15) is 11.8 Å². The summed E-state index contributed by atoms with van der Waals surface area (Å²) in [4.78, 5) is 27.8. The molecule has 2 N–H and O–H groups in total. The predicted octanol–water partition coefficient (Wildman–Crippen LogP) is 6.42. The monoisotopic (exact) mass is 574 g/mol. The van der Waals surface area contributed by atoms with E-state index in [-0.39, 0.29) is 5.91 Å². The second kappa shape index (κ2) is 15.2. The molecule has 1 aliphatic heterocycles. The van der Waals surface area contributed by atoms with E-state index in [1.165, 1.54) is 5.56 Å². The average Bonchev–Trinajstić information content (AvgIpc) is 3.37. The summed E-state index contributed by atoms with van der Waals surface area (Å²) in [6.45, 7) is 7.37. The molecule has 1 saturated heterocycles. The van der Waals surface area contributed by atoms with E-state index in [4.69, 9.17) is 4.74 Å². The van der Waals surface area contributed by atoms with Gasteiger partial charge in [-0.3, -0.25) is 9.69 Å². The Morgan fingerprint density at radius 2 is 1.80 bits per heavy atom. The van der Waals surface area contributed by atoms with E-state index in [2.05, 4.69) is 35.3 Å². The largest absolute Gasteiger partial charge is 0.480 e. The number of carboxylic acid groups (broad SMARTS) is 1.